The molecule has 0 amide bonds. The van der Waals surface area contributed by atoms with Gasteiger partial charge in [0.1, 0.15) is 5.75 Å². The number of carbonyl (C=O) groups is 1. The molecule has 3 aromatic carbocycles. The fourth-order valence-corrected chi connectivity index (χ4v) is 4.52. The lowest BCUT2D eigenvalue weighted by atomic mass is 9.86. The zero-order valence-corrected chi connectivity index (χ0v) is 21.3. The molecule has 0 fully saturated rings. The molecule has 7 heteroatoms. The highest BCUT2D eigenvalue weighted by Crippen LogP contribution is 2.36. The quantitative estimate of drug-likeness (QED) is 0.155. The smallest absolute Gasteiger partial charge is 0.343 e. The monoisotopic (exact) mass is 490 g/mol. The van der Waals surface area contributed by atoms with Crippen molar-refractivity contribution < 1.29 is 19.6 Å². The van der Waals surface area contributed by atoms with Crippen molar-refractivity contribution in [3.05, 3.63) is 105 Å². The van der Waals surface area contributed by atoms with E-state index in [0.717, 1.165) is 29.7 Å². The van der Waals surface area contributed by atoms with Gasteiger partial charge in [-0.1, -0.05) is 36.4 Å². The Morgan fingerprint density at radius 1 is 0.972 bits per heavy atom. The fourth-order valence-electron chi connectivity index (χ4n) is 4.52. The molecule has 0 aliphatic heterocycles. The molecule has 0 aromatic heterocycles. The summed E-state index contributed by atoms with van der Waals surface area (Å²) in [5.74, 6) is -0.261. The summed E-state index contributed by atoms with van der Waals surface area (Å²) >= 11 is 0. The van der Waals surface area contributed by atoms with Crippen LogP contribution in [0.1, 0.15) is 67.1 Å². The lowest BCUT2D eigenvalue weighted by molar-refractivity contribution is -0.384. The maximum Gasteiger partial charge on any atom is 0.343 e. The van der Waals surface area contributed by atoms with E-state index in [1.54, 1.807) is 12.1 Å². The average Bonchev–Trinajstić information content (AvgIpc) is 2.87. The van der Waals surface area contributed by atoms with Crippen molar-refractivity contribution in [3.8, 4) is 5.75 Å². The van der Waals surface area contributed by atoms with Gasteiger partial charge in [-0.3, -0.25) is 15.0 Å². The van der Waals surface area contributed by atoms with E-state index in [-0.39, 0.29) is 23.8 Å². The van der Waals surface area contributed by atoms with Gasteiger partial charge in [0, 0.05) is 35.7 Å². The van der Waals surface area contributed by atoms with E-state index < -0.39 is 10.9 Å². The van der Waals surface area contributed by atoms with Crippen molar-refractivity contribution in [1.29, 1.82) is 0 Å². The lowest BCUT2D eigenvalue weighted by Crippen LogP contribution is -2.38. The Bertz CT molecular complexity index is 1150. The number of nitro groups is 1. The largest absolute Gasteiger partial charge is 0.423 e. The van der Waals surface area contributed by atoms with Gasteiger partial charge >= 0.3 is 5.97 Å². The molecule has 0 radical (unpaired) electrons. The summed E-state index contributed by atoms with van der Waals surface area (Å²) in [5, 5.41) is 20.8. The Balaban J connectivity index is 1.98. The standard InChI is InChI=1S/C29H34N2O5/c1-20(2)30(21(3)4)17-16-26(23-8-6-5-7-9-23)27-18-22(19-32)10-15-28(27)36-29(33)24-11-13-25(14-12-24)31(34)35/h5-15,18,20-21,26,32H,16-17,19H2,1-4H3. The Labute approximate surface area is 212 Å². The first-order chi connectivity index (χ1) is 17.2. The van der Waals surface area contributed by atoms with Crippen molar-refractivity contribution in [2.24, 2.45) is 0 Å². The van der Waals surface area contributed by atoms with Crippen LogP contribution in [-0.4, -0.2) is 39.5 Å². The summed E-state index contributed by atoms with van der Waals surface area (Å²) in [6, 6.07) is 21.5. The minimum atomic E-state index is -0.597. The number of non-ortho nitro benzene ring substituents is 1. The Morgan fingerprint density at radius 2 is 1.61 bits per heavy atom. The number of esters is 1. The molecule has 0 saturated carbocycles. The van der Waals surface area contributed by atoms with Gasteiger partial charge in [-0.2, -0.15) is 0 Å². The van der Waals surface area contributed by atoms with Crippen LogP contribution in [0.4, 0.5) is 5.69 Å². The molecule has 1 N–H and O–H groups in total. The number of nitrogens with zero attached hydrogens (tertiary/aromatic N) is 2. The predicted molar refractivity (Wildman–Crippen MR) is 140 cm³/mol. The first-order valence-electron chi connectivity index (χ1n) is 12.2. The summed E-state index contributed by atoms with van der Waals surface area (Å²) < 4.78 is 5.83. The first kappa shape index (κ1) is 27.0. The average molecular weight is 491 g/mol. The minimum absolute atomic E-state index is 0.0719. The first-order valence-corrected chi connectivity index (χ1v) is 12.2. The molecule has 0 spiro atoms. The highest BCUT2D eigenvalue weighted by molar-refractivity contribution is 5.91. The predicted octanol–water partition coefficient (Wildman–Crippen LogP) is 5.95. The van der Waals surface area contributed by atoms with Gasteiger partial charge in [0.15, 0.2) is 0 Å². The molecular weight excluding hydrogens is 456 g/mol. The zero-order chi connectivity index (χ0) is 26.2. The second-order valence-corrected chi connectivity index (χ2v) is 9.40. The lowest BCUT2D eigenvalue weighted by Gasteiger charge is -2.32. The number of carbonyl (C=O) groups excluding carboxylic acids is 1. The molecule has 3 rings (SSSR count). The fraction of sp³-hybridized carbons (Fsp3) is 0.345. The van der Waals surface area contributed by atoms with Crippen LogP contribution in [0.5, 0.6) is 5.75 Å². The normalized spacial score (nSPS) is 12.2. The second-order valence-electron chi connectivity index (χ2n) is 9.40. The summed E-state index contributed by atoms with van der Waals surface area (Å²) in [7, 11) is 0. The maximum atomic E-state index is 13.0. The van der Waals surface area contributed by atoms with Crippen molar-refractivity contribution in [2.75, 3.05) is 6.54 Å². The van der Waals surface area contributed by atoms with E-state index in [2.05, 4.69) is 44.7 Å². The van der Waals surface area contributed by atoms with Gasteiger partial charge in [-0.15, -0.1) is 0 Å². The van der Waals surface area contributed by atoms with Gasteiger partial charge in [-0.25, -0.2) is 4.79 Å². The second kappa shape index (κ2) is 12.4. The van der Waals surface area contributed by atoms with E-state index in [0.29, 0.717) is 17.8 Å². The van der Waals surface area contributed by atoms with Crippen molar-refractivity contribution in [2.45, 2.75) is 58.7 Å². The molecular formula is C29H34N2O5. The van der Waals surface area contributed by atoms with Gasteiger partial charge in [0.2, 0.25) is 0 Å². The van der Waals surface area contributed by atoms with Gasteiger partial charge < -0.3 is 9.84 Å². The molecule has 0 aliphatic carbocycles. The van der Waals surface area contributed by atoms with Crippen molar-refractivity contribution >= 4 is 11.7 Å². The molecule has 190 valence electrons. The van der Waals surface area contributed by atoms with Gasteiger partial charge in [-0.05, 0) is 76.1 Å². The topological polar surface area (TPSA) is 92.9 Å². The maximum absolute atomic E-state index is 13.0. The number of aliphatic hydroxyl groups excluding tert-OH is 1. The van der Waals surface area contributed by atoms with Crippen LogP contribution in [0, 0.1) is 10.1 Å². The molecule has 36 heavy (non-hydrogen) atoms. The Hall–Kier alpha value is -3.55. The van der Waals surface area contributed by atoms with Crippen LogP contribution in [0.25, 0.3) is 0 Å². The van der Waals surface area contributed by atoms with E-state index in [4.69, 9.17) is 4.74 Å². The highest BCUT2D eigenvalue weighted by Gasteiger charge is 2.24. The SMILES string of the molecule is CC(C)N(CCC(c1ccccc1)c1cc(CO)ccc1OC(=O)c1ccc([N+](=O)[O-])cc1)C(C)C. The zero-order valence-electron chi connectivity index (χ0n) is 21.3. The third-order valence-electron chi connectivity index (χ3n) is 6.35. The number of rotatable bonds is 11. The van der Waals surface area contributed by atoms with Crippen LogP contribution in [0.3, 0.4) is 0 Å². The number of benzene rings is 3. The molecule has 3 aromatic rings. The van der Waals surface area contributed by atoms with E-state index in [9.17, 15) is 20.0 Å². The molecule has 1 atom stereocenters. The summed E-state index contributed by atoms with van der Waals surface area (Å²) in [6.07, 6.45) is 0.789. The molecule has 0 heterocycles. The van der Waals surface area contributed by atoms with E-state index in [1.807, 2.05) is 24.3 Å². The van der Waals surface area contributed by atoms with Crippen LogP contribution in [0.15, 0.2) is 72.8 Å². The van der Waals surface area contributed by atoms with Crippen LogP contribution in [-0.2, 0) is 6.61 Å². The van der Waals surface area contributed by atoms with Gasteiger partial charge in [0.25, 0.3) is 5.69 Å². The molecule has 0 saturated heterocycles. The van der Waals surface area contributed by atoms with Crippen molar-refractivity contribution in [3.63, 3.8) is 0 Å². The number of hydrogen-bond donors (Lipinski definition) is 1. The summed E-state index contributed by atoms with van der Waals surface area (Å²) in [6.45, 7) is 9.44. The van der Waals surface area contributed by atoms with Crippen molar-refractivity contribution in [1.82, 2.24) is 4.90 Å². The molecule has 7 nitrogen and oxygen atoms in total. The Kier molecular flexibility index (Phi) is 9.33. The van der Waals surface area contributed by atoms with Crippen LogP contribution >= 0.6 is 0 Å². The summed E-state index contributed by atoms with van der Waals surface area (Å²) in [5.41, 5.74) is 2.76. The Morgan fingerprint density at radius 3 is 2.17 bits per heavy atom. The van der Waals surface area contributed by atoms with Gasteiger partial charge in [0.05, 0.1) is 17.1 Å². The molecule has 0 aliphatic rings. The van der Waals surface area contributed by atoms with E-state index >= 15 is 0 Å². The number of aliphatic hydroxyl groups is 1. The molecule has 0 bridgehead atoms. The minimum Gasteiger partial charge on any atom is -0.423 e. The number of nitro benzene ring substituents is 1. The third kappa shape index (κ3) is 6.77. The molecule has 1 unspecified atom stereocenters. The number of ether oxygens (including phenoxy) is 1. The number of hydrogen-bond acceptors (Lipinski definition) is 6. The third-order valence-corrected chi connectivity index (χ3v) is 6.35. The van der Waals surface area contributed by atoms with Crippen LogP contribution < -0.4 is 4.74 Å². The highest BCUT2D eigenvalue weighted by atomic mass is 16.6. The van der Waals surface area contributed by atoms with E-state index in [1.165, 1.54) is 24.3 Å². The van der Waals surface area contributed by atoms with Crippen LogP contribution in [0.2, 0.25) is 0 Å². The summed E-state index contributed by atoms with van der Waals surface area (Å²) in [4.78, 5) is 25.8.